The molecule has 1 aliphatic heterocycles. The van der Waals surface area contributed by atoms with Crippen molar-refractivity contribution in [2.45, 2.75) is 25.3 Å². The Morgan fingerprint density at radius 1 is 1.00 bits per heavy atom. The number of urea groups is 1. The lowest BCUT2D eigenvalue weighted by Crippen LogP contribution is -2.53. The summed E-state index contributed by atoms with van der Waals surface area (Å²) in [5.74, 6) is -0.417. The van der Waals surface area contributed by atoms with Gasteiger partial charge in [0.05, 0.1) is 11.4 Å². The molecule has 1 N–H and O–H groups in total. The van der Waals surface area contributed by atoms with E-state index in [1.54, 1.807) is 25.1 Å². The monoisotopic (exact) mass is 483 g/mol. The molecule has 0 spiro atoms. The highest BCUT2D eigenvalue weighted by molar-refractivity contribution is 7.94. The van der Waals surface area contributed by atoms with Gasteiger partial charge in [-0.15, -0.1) is 0 Å². The van der Waals surface area contributed by atoms with Gasteiger partial charge in [0.1, 0.15) is 11.4 Å². The summed E-state index contributed by atoms with van der Waals surface area (Å²) in [5, 5.41) is 3.12. The Morgan fingerprint density at radius 2 is 1.70 bits per heavy atom. The number of amides is 3. The number of rotatable bonds is 5. The number of hydrogen-bond donors (Lipinski definition) is 1. The Balaban J connectivity index is 1.65. The minimum absolute atomic E-state index is 0.0624. The van der Waals surface area contributed by atoms with Crippen molar-refractivity contribution >= 4 is 44.9 Å². The molecule has 0 saturated carbocycles. The van der Waals surface area contributed by atoms with Crippen LogP contribution in [-0.4, -0.2) is 26.9 Å². The largest absolute Gasteiger partial charge is 0.350 e. The van der Waals surface area contributed by atoms with Gasteiger partial charge in [0.15, 0.2) is 0 Å². The number of halogens is 1. The molecule has 4 rings (SSSR count). The summed E-state index contributed by atoms with van der Waals surface area (Å²) < 4.78 is 27.3. The first-order chi connectivity index (χ1) is 15.7. The summed E-state index contributed by atoms with van der Waals surface area (Å²) >= 11 is 6.19. The first-order valence-corrected chi connectivity index (χ1v) is 12.0. The van der Waals surface area contributed by atoms with Crippen LogP contribution in [0.1, 0.15) is 16.7 Å². The summed E-state index contributed by atoms with van der Waals surface area (Å²) in [6.45, 7) is 3.70. The van der Waals surface area contributed by atoms with Gasteiger partial charge in [-0.3, -0.25) is 9.69 Å². The number of aryl methyl sites for hydroxylation is 2. The molecule has 3 amide bonds. The Morgan fingerprint density at radius 3 is 2.39 bits per heavy atom. The van der Waals surface area contributed by atoms with E-state index < -0.39 is 22.0 Å². The van der Waals surface area contributed by atoms with E-state index >= 15 is 0 Å². The minimum Gasteiger partial charge on any atom is -0.350 e. The summed E-state index contributed by atoms with van der Waals surface area (Å²) in [6, 6.07) is 17.6. The molecule has 0 aromatic heterocycles. The van der Waals surface area contributed by atoms with Crippen molar-refractivity contribution in [3.05, 3.63) is 88.4 Å². The maximum Gasteiger partial charge on any atom is 0.343 e. The van der Waals surface area contributed by atoms with Crippen LogP contribution in [-0.2, 0) is 21.4 Å². The van der Waals surface area contributed by atoms with Gasteiger partial charge in [0, 0.05) is 11.6 Å². The second-order valence-electron chi connectivity index (χ2n) is 7.80. The van der Waals surface area contributed by atoms with E-state index in [9.17, 15) is 18.0 Å². The number of nitrogens with one attached hydrogen (secondary N) is 1. The molecule has 7 nitrogen and oxygen atoms in total. The fourth-order valence-corrected chi connectivity index (χ4v) is 5.29. The summed E-state index contributed by atoms with van der Waals surface area (Å²) in [6.07, 6.45) is 0. The zero-order chi connectivity index (χ0) is 23.8. The maximum atomic E-state index is 13.4. The molecule has 0 fully saturated rings. The fraction of sp³-hybridized carbons (Fsp3) is 0.167. The van der Waals surface area contributed by atoms with Gasteiger partial charge in [-0.05, 0) is 49.2 Å². The van der Waals surface area contributed by atoms with Crippen LogP contribution >= 0.6 is 11.6 Å². The van der Waals surface area contributed by atoms with Crippen LogP contribution in [0.5, 0.6) is 0 Å². The van der Waals surface area contributed by atoms with Gasteiger partial charge in [0.25, 0.3) is 10.0 Å². The van der Waals surface area contributed by atoms with Gasteiger partial charge < -0.3 is 5.32 Å². The predicted molar refractivity (Wildman–Crippen MR) is 128 cm³/mol. The normalized spacial score (nSPS) is 14.7. The number of benzene rings is 3. The number of carbonyl (C=O) groups excluding carboxylic acids is 2. The molecule has 0 unspecified atom stereocenters. The third-order valence-electron chi connectivity index (χ3n) is 5.38. The van der Waals surface area contributed by atoms with E-state index in [0.717, 1.165) is 21.6 Å². The number of carbonyl (C=O) groups is 2. The van der Waals surface area contributed by atoms with E-state index in [1.165, 1.54) is 24.3 Å². The van der Waals surface area contributed by atoms with E-state index in [0.29, 0.717) is 15.9 Å². The van der Waals surface area contributed by atoms with Gasteiger partial charge >= 0.3 is 6.03 Å². The second kappa shape index (κ2) is 8.88. The Bertz CT molecular complexity index is 1340. The standard InChI is InChI=1S/C24H22ClN3O4S/c1-16-7-10-18(11-8-16)14-26-23(29)15-27-21-5-3-4-6-22(21)33(31,32)28(24(27)30)19-12-9-17(2)20(25)13-19/h3-13H,14-15H2,1-2H3,(H,26,29). The molecule has 3 aromatic carbocycles. The van der Waals surface area contributed by atoms with Gasteiger partial charge in [-0.1, -0.05) is 59.6 Å². The van der Waals surface area contributed by atoms with E-state index in [4.69, 9.17) is 11.6 Å². The molecule has 0 saturated heterocycles. The van der Waals surface area contributed by atoms with Crippen molar-refractivity contribution in [3.8, 4) is 0 Å². The first-order valence-electron chi connectivity index (χ1n) is 10.2. The lowest BCUT2D eigenvalue weighted by atomic mass is 10.1. The molecule has 3 aromatic rings. The minimum atomic E-state index is -4.19. The average Bonchev–Trinajstić information content (AvgIpc) is 2.78. The zero-order valence-corrected chi connectivity index (χ0v) is 19.7. The van der Waals surface area contributed by atoms with Crippen LogP contribution in [0.25, 0.3) is 0 Å². The van der Waals surface area contributed by atoms with Crippen molar-refractivity contribution in [3.63, 3.8) is 0 Å². The van der Waals surface area contributed by atoms with Crippen molar-refractivity contribution in [1.29, 1.82) is 0 Å². The van der Waals surface area contributed by atoms with Crippen molar-refractivity contribution < 1.29 is 18.0 Å². The Kier molecular flexibility index (Phi) is 6.14. The molecule has 0 atom stereocenters. The molecule has 170 valence electrons. The van der Waals surface area contributed by atoms with Crippen molar-refractivity contribution in [2.75, 3.05) is 15.7 Å². The Hall–Kier alpha value is -3.36. The second-order valence-corrected chi connectivity index (χ2v) is 9.96. The van der Waals surface area contributed by atoms with Gasteiger partial charge in [-0.2, -0.15) is 4.31 Å². The predicted octanol–water partition coefficient (Wildman–Crippen LogP) is 4.41. The lowest BCUT2D eigenvalue weighted by molar-refractivity contribution is -0.119. The number of sulfonamides is 1. The number of para-hydroxylation sites is 1. The van der Waals surface area contributed by atoms with E-state index in [2.05, 4.69) is 5.32 Å². The molecular weight excluding hydrogens is 462 g/mol. The highest BCUT2D eigenvalue weighted by Crippen LogP contribution is 2.38. The highest BCUT2D eigenvalue weighted by Gasteiger charge is 2.43. The van der Waals surface area contributed by atoms with Crippen molar-refractivity contribution in [1.82, 2.24) is 5.32 Å². The van der Waals surface area contributed by atoms with Gasteiger partial charge in [0.2, 0.25) is 5.91 Å². The number of anilines is 2. The lowest BCUT2D eigenvalue weighted by Gasteiger charge is -2.36. The summed E-state index contributed by atoms with van der Waals surface area (Å²) in [5.41, 5.74) is 3.03. The molecule has 1 heterocycles. The van der Waals surface area contributed by atoms with Crippen molar-refractivity contribution in [2.24, 2.45) is 0 Å². The average molecular weight is 484 g/mol. The Labute approximate surface area is 197 Å². The third kappa shape index (κ3) is 4.44. The number of hydrogen-bond acceptors (Lipinski definition) is 4. The molecule has 1 aliphatic rings. The molecular formula is C24H22ClN3O4S. The molecule has 9 heteroatoms. The van der Waals surface area contributed by atoms with Crippen LogP contribution in [0.4, 0.5) is 16.2 Å². The van der Waals surface area contributed by atoms with Crippen LogP contribution in [0, 0.1) is 13.8 Å². The summed E-state index contributed by atoms with van der Waals surface area (Å²) in [7, 11) is -4.19. The SMILES string of the molecule is Cc1ccc(CNC(=O)CN2C(=O)N(c3ccc(C)c(Cl)c3)S(=O)(=O)c3ccccc32)cc1. The van der Waals surface area contributed by atoms with E-state index in [-0.39, 0.29) is 22.8 Å². The molecule has 33 heavy (non-hydrogen) atoms. The van der Waals surface area contributed by atoms with Gasteiger partial charge in [-0.25, -0.2) is 13.2 Å². The van der Waals surface area contributed by atoms with Crippen LogP contribution < -0.4 is 14.5 Å². The number of fused-ring (bicyclic) bond motifs is 1. The molecule has 0 bridgehead atoms. The quantitative estimate of drug-likeness (QED) is 0.582. The maximum absolute atomic E-state index is 13.4. The zero-order valence-electron chi connectivity index (χ0n) is 18.1. The highest BCUT2D eigenvalue weighted by atomic mass is 35.5. The number of nitrogens with zero attached hydrogens (tertiary/aromatic N) is 2. The summed E-state index contributed by atoms with van der Waals surface area (Å²) in [4.78, 5) is 27.2. The molecule has 0 aliphatic carbocycles. The molecule has 0 radical (unpaired) electrons. The third-order valence-corrected chi connectivity index (χ3v) is 7.54. The van der Waals surface area contributed by atoms with E-state index in [1.807, 2.05) is 31.2 Å². The van der Waals surface area contributed by atoms with Crippen LogP contribution in [0.2, 0.25) is 5.02 Å². The first kappa shape index (κ1) is 22.8. The van der Waals surface area contributed by atoms with Crippen LogP contribution in [0.15, 0.2) is 71.6 Å². The van der Waals surface area contributed by atoms with Crippen LogP contribution in [0.3, 0.4) is 0 Å². The topological polar surface area (TPSA) is 86.8 Å². The smallest absolute Gasteiger partial charge is 0.343 e. The fourth-order valence-electron chi connectivity index (χ4n) is 3.53.